The smallest absolute Gasteiger partial charge is 0.230 e. The van der Waals surface area contributed by atoms with Gasteiger partial charge >= 0.3 is 0 Å². The zero-order chi connectivity index (χ0) is 17.5. The fourth-order valence-corrected chi connectivity index (χ4v) is 4.17. The van der Waals surface area contributed by atoms with Crippen LogP contribution in [0.3, 0.4) is 0 Å². The van der Waals surface area contributed by atoms with Crippen molar-refractivity contribution in [2.75, 3.05) is 13.2 Å². The fraction of sp³-hybridized carbons (Fsp3) is 0.333. The van der Waals surface area contributed by atoms with E-state index in [1.165, 1.54) is 0 Å². The van der Waals surface area contributed by atoms with Gasteiger partial charge in [0.25, 0.3) is 0 Å². The molecule has 3 heterocycles. The quantitative estimate of drug-likeness (QED) is 0.772. The largest absolute Gasteiger partial charge is 0.492 e. The average molecular weight is 347 g/mol. The zero-order valence-electron chi connectivity index (χ0n) is 14.5. The van der Waals surface area contributed by atoms with E-state index < -0.39 is 0 Å². The van der Waals surface area contributed by atoms with Crippen molar-refractivity contribution in [1.29, 1.82) is 0 Å². The Balaban J connectivity index is 1.39. The second-order valence-electron chi connectivity index (χ2n) is 7.15. The van der Waals surface area contributed by atoms with E-state index in [1.807, 2.05) is 47.4 Å². The van der Waals surface area contributed by atoms with E-state index in [9.17, 15) is 4.79 Å². The third-order valence-corrected chi connectivity index (χ3v) is 5.49. The van der Waals surface area contributed by atoms with E-state index in [-0.39, 0.29) is 17.9 Å². The second kappa shape index (κ2) is 6.16. The number of hydrogen-bond donors (Lipinski definition) is 1. The number of likely N-dealkylation sites (tertiary alicyclic amines) is 1. The van der Waals surface area contributed by atoms with Crippen molar-refractivity contribution in [3.63, 3.8) is 0 Å². The predicted molar refractivity (Wildman–Crippen MR) is 98.9 cm³/mol. The number of para-hydroxylation sites is 3. The van der Waals surface area contributed by atoms with E-state index >= 15 is 0 Å². The highest BCUT2D eigenvalue weighted by Crippen LogP contribution is 2.35. The van der Waals surface area contributed by atoms with E-state index in [2.05, 4.69) is 11.1 Å². The average Bonchev–Trinajstić information content (AvgIpc) is 3.33. The Labute approximate surface area is 152 Å². The molecule has 3 aromatic rings. The molecule has 5 nitrogen and oxygen atoms in total. The number of aromatic nitrogens is 2. The van der Waals surface area contributed by atoms with E-state index in [4.69, 9.17) is 9.72 Å². The molecule has 5 heteroatoms. The molecule has 26 heavy (non-hydrogen) atoms. The summed E-state index contributed by atoms with van der Waals surface area (Å²) in [4.78, 5) is 23.3. The van der Waals surface area contributed by atoms with Gasteiger partial charge < -0.3 is 14.6 Å². The first-order valence-corrected chi connectivity index (χ1v) is 9.25. The van der Waals surface area contributed by atoms with Gasteiger partial charge in [0.2, 0.25) is 5.91 Å². The highest BCUT2D eigenvalue weighted by molar-refractivity contribution is 5.81. The molecular formula is C21H21N3O2. The van der Waals surface area contributed by atoms with Crippen molar-refractivity contribution in [1.82, 2.24) is 14.9 Å². The van der Waals surface area contributed by atoms with Crippen LogP contribution in [0.4, 0.5) is 0 Å². The predicted octanol–water partition coefficient (Wildman–Crippen LogP) is 3.48. The summed E-state index contributed by atoms with van der Waals surface area (Å²) in [7, 11) is 0. The van der Waals surface area contributed by atoms with Gasteiger partial charge in [0, 0.05) is 6.54 Å². The number of aromatic amines is 1. The number of H-pyrrole nitrogens is 1. The number of nitrogens with zero attached hydrogens (tertiary/aromatic N) is 2. The van der Waals surface area contributed by atoms with E-state index in [0.717, 1.165) is 54.0 Å². The number of benzene rings is 2. The van der Waals surface area contributed by atoms with Gasteiger partial charge in [-0.3, -0.25) is 4.79 Å². The number of nitrogens with one attached hydrogen (secondary N) is 1. The van der Waals surface area contributed by atoms with Gasteiger partial charge in [-0.05, 0) is 43.0 Å². The van der Waals surface area contributed by atoms with Crippen LogP contribution < -0.4 is 4.74 Å². The summed E-state index contributed by atoms with van der Waals surface area (Å²) in [5.74, 6) is 1.87. The maximum atomic E-state index is 13.2. The lowest BCUT2D eigenvalue weighted by Crippen LogP contribution is -2.40. The molecule has 2 aliphatic heterocycles. The summed E-state index contributed by atoms with van der Waals surface area (Å²) in [6.07, 6.45) is 2.71. The summed E-state index contributed by atoms with van der Waals surface area (Å²) in [5.41, 5.74) is 3.10. The summed E-state index contributed by atoms with van der Waals surface area (Å²) < 4.78 is 5.83. The molecule has 1 amide bonds. The highest BCUT2D eigenvalue weighted by atomic mass is 16.5. The van der Waals surface area contributed by atoms with Crippen LogP contribution in [0.1, 0.15) is 30.3 Å². The van der Waals surface area contributed by atoms with Crippen LogP contribution in [0, 0.1) is 5.92 Å². The minimum atomic E-state index is -0.116. The molecule has 0 aliphatic carbocycles. The molecule has 132 valence electrons. The first-order chi connectivity index (χ1) is 12.8. The Bertz CT molecular complexity index is 932. The van der Waals surface area contributed by atoms with Gasteiger partial charge in [0.15, 0.2) is 0 Å². The third-order valence-electron chi connectivity index (χ3n) is 5.49. The molecular weight excluding hydrogens is 326 g/mol. The minimum absolute atomic E-state index is 0.0343. The van der Waals surface area contributed by atoms with Gasteiger partial charge in [0.1, 0.15) is 18.2 Å². The number of hydrogen-bond acceptors (Lipinski definition) is 3. The number of carbonyl (C=O) groups excluding carboxylic acids is 1. The molecule has 0 radical (unpaired) electrons. The van der Waals surface area contributed by atoms with Crippen LogP contribution in [-0.4, -0.2) is 33.9 Å². The molecule has 2 aromatic carbocycles. The topological polar surface area (TPSA) is 58.2 Å². The van der Waals surface area contributed by atoms with Gasteiger partial charge in [-0.1, -0.05) is 30.3 Å². The third kappa shape index (κ3) is 2.55. The minimum Gasteiger partial charge on any atom is -0.492 e. The Hall–Kier alpha value is -2.82. The van der Waals surface area contributed by atoms with Crippen LogP contribution in [0.5, 0.6) is 5.75 Å². The van der Waals surface area contributed by atoms with Gasteiger partial charge in [-0.25, -0.2) is 4.98 Å². The second-order valence-corrected chi connectivity index (χ2v) is 7.15. The lowest BCUT2D eigenvalue weighted by atomic mass is 9.95. The lowest BCUT2D eigenvalue weighted by Gasteiger charge is -2.30. The van der Waals surface area contributed by atoms with Crippen LogP contribution in [0.25, 0.3) is 11.0 Å². The molecule has 0 bridgehead atoms. The number of imidazole rings is 1. The number of rotatable bonds is 2. The molecule has 0 spiro atoms. The Morgan fingerprint density at radius 2 is 2.00 bits per heavy atom. The maximum Gasteiger partial charge on any atom is 0.230 e. The van der Waals surface area contributed by atoms with Crippen LogP contribution >= 0.6 is 0 Å². The molecule has 5 rings (SSSR count). The van der Waals surface area contributed by atoms with E-state index in [0.29, 0.717) is 6.61 Å². The zero-order valence-corrected chi connectivity index (χ0v) is 14.5. The van der Waals surface area contributed by atoms with E-state index in [1.54, 1.807) is 0 Å². The van der Waals surface area contributed by atoms with Crippen molar-refractivity contribution in [3.8, 4) is 5.75 Å². The van der Waals surface area contributed by atoms with Crippen molar-refractivity contribution in [2.24, 2.45) is 5.92 Å². The van der Waals surface area contributed by atoms with Crippen LogP contribution in [0.15, 0.2) is 48.5 Å². The Morgan fingerprint density at radius 1 is 1.15 bits per heavy atom. The summed E-state index contributed by atoms with van der Waals surface area (Å²) in [6, 6.07) is 16.0. The van der Waals surface area contributed by atoms with Gasteiger partial charge in [0.05, 0.1) is 23.0 Å². The molecule has 2 atom stereocenters. The molecule has 2 aliphatic rings. The Morgan fingerprint density at radius 3 is 2.92 bits per heavy atom. The molecule has 1 N–H and O–H groups in total. The van der Waals surface area contributed by atoms with Crippen molar-refractivity contribution >= 4 is 16.9 Å². The van der Waals surface area contributed by atoms with Crippen LogP contribution in [0.2, 0.25) is 0 Å². The standard InChI is InChI=1S/C21H21N3O2/c25-21(15-12-14-6-1-4-10-19(14)26-13-15)24-11-5-9-18(24)20-22-16-7-2-3-8-17(16)23-20/h1-4,6-8,10,15,18H,5,9,11-13H2,(H,22,23)/t15-,18+/m1/s1. The SMILES string of the molecule is O=C([C@H]1COc2ccccc2C1)N1CCC[C@H]1c1nc2ccccc2[nH]1. The highest BCUT2D eigenvalue weighted by Gasteiger charge is 2.37. The Kier molecular flexibility index (Phi) is 3.66. The molecule has 1 aromatic heterocycles. The molecule has 0 unspecified atom stereocenters. The normalized spacial score (nSPS) is 22.2. The van der Waals surface area contributed by atoms with Crippen LogP contribution in [-0.2, 0) is 11.2 Å². The maximum absolute atomic E-state index is 13.2. The summed E-state index contributed by atoms with van der Waals surface area (Å²) >= 11 is 0. The fourth-order valence-electron chi connectivity index (χ4n) is 4.17. The molecule has 0 saturated carbocycles. The number of fused-ring (bicyclic) bond motifs is 2. The van der Waals surface area contributed by atoms with Crippen molar-refractivity contribution in [3.05, 3.63) is 59.9 Å². The van der Waals surface area contributed by atoms with Gasteiger partial charge in [-0.15, -0.1) is 0 Å². The monoisotopic (exact) mass is 347 g/mol. The van der Waals surface area contributed by atoms with Crippen molar-refractivity contribution < 1.29 is 9.53 Å². The first kappa shape index (κ1) is 15.4. The lowest BCUT2D eigenvalue weighted by molar-refractivity contribution is -0.138. The molecule has 1 fully saturated rings. The van der Waals surface area contributed by atoms with Gasteiger partial charge in [-0.2, -0.15) is 0 Å². The summed E-state index contributed by atoms with van der Waals surface area (Å²) in [6.45, 7) is 1.25. The number of amides is 1. The number of ether oxygens (including phenoxy) is 1. The van der Waals surface area contributed by atoms with Crippen molar-refractivity contribution in [2.45, 2.75) is 25.3 Å². The summed E-state index contributed by atoms with van der Waals surface area (Å²) in [5, 5.41) is 0. The first-order valence-electron chi connectivity index (χ1n) is 9.25. The molecule has 1 saturated heterocycles. The number of carbonyl (C=O) groups is 1.